The molecule has 3 atom stereocenters. The fourth-order valence-electron chi connectivity index (χ4n) is 10.9. The molecule has 0 aliphatic heterocycles. The summed E-state index contributed by atoms with van der Waals surface area (Å²) in [6.07, 6.45) is 19.9. The number of hydrogen-bond donors (Lipinski definition) is 0. The van der Waals surface area contributed by atoms with Crippen LogP contribution in [0.2, 0.25) is 0 Å². The third-order valence-electron chi connectivity index (χ3n) is 14.3. The Kier molecular flexibility index (Phi) is 9.76. The molecular formula is C64H49NO. The molecule has 0 saturated carbocycles. The van der Waals surface area contributed by atoms with E-state index in [1.54, 1.807) is 0 Å². The average molecular weight is 848 g/mol. The summed E-state index contributed by atoms with van der Waals surface area (Å²) in [5, 5.41) is 4.80. The highest BCUT2D eigenvalue weighted by atomic mass is 16.3. The molecule has 1 aromatic heterocycles. The third-order valence-corrected chi connectivity index (χ3v) is 14.3. The molecule has 316 valence electrons. The second-order valence-electron chi connectivity index (χ2n) is 18.2. The second kappa shape index (κ2) is 16.2. The van der Waals surface area contributed by atoms with Crippen molar-refractivity contribution in [2.24, 2.45) is 17.3 Å². The maximum atomic E-state index is 6.39. The van der Waals surface area contributed by atoms with Crippen LogP contribution in [0.5, 0.6) is 0 Å². The van der Waals surface area contributed by atoms with E-state index in [2.05, 4.69) is 249 Å². The summed E-state index contributed by atoms with van der Waals surface area (Å²) in [5.41, 5.74) is 17.4. The predicted octanol–water partition coefficient (Wildman–Crippen LogP) is 17.5. The third kappa shape index (κ3) is 6.72. The standard InChI is InChI=1S/C64H49NO/c1-43-31-40-56(59-28-13-21-50-20-12-27-58(64(50,59)2)48-16-4-3-5-17-48)60(41-43)65(52-22-10-19-49(42-52)55-26-14-30-62-63(55)57-24-8-9-29-61(57)66-62)51-38-36-45(37-39-51)44-32-34-47(35-33-44)54-25-11-18-46-15-6-7-23-53(46)54/h3-30,32-43,59H,31H2,1-2H3. The normalized spacial score (nSPS) is 19.0. The number of fused-ring (bicyclic) bond motifs is 5. The van der Waals surface area contributed by atoms with Crippen molar-refractivity contribution < 1.29 is 4.42 Å². The Bertz CT molecular complexity index is 3510. The van der Waals surface area contributed by atoms with Crippen molar-refractivity contribution in [1.29, 1.82) is 0 Å². The lowest BCUT2D eigenvalue weighted by Crippen LogP contribution is -2.36. The van der Waals surface area contributed by atoms with Gasteiger partial charge < -0.3 is 9.32 Å². The first kappa shape index (κ1) is 39.6. The Labute approximate surface area is 387 Å². The molecule has 0 N–H and O–H groups in total. The predicted molar refractivity (Wildman–Crippen MR) is 278 cm³/mol. The number of hydrogen-bond acceptors (Lipinski definition) is 2. The summed E-state index contributed by atoms with van der Waals surface area (Å²) in [7, 11) is 0. The van der Waals surface area contributed by atoms with Gasteiger partial charge in [-0.1, -0.05) is 214 Å². The van der Waals surface area contributed by atoms with Crippen LogP contribution in [0.4, 0.5) is 11.4 Å². The van der Waals surface area contributed by atoms with Crippen LogP contribution < -0.4 is 4.90 Å². The van der Waals surface area contributed by atoms with Crippen LogP contribution in [0, 0.1) is 17.3 Å². The Morgan fingerprint density at radius 3 is 2.06 bits per heavy atom. The lowest BCUT2D eigenvalue weighted by atomic mass is 9.58. The van der Waals surface area contributed by atoms with Crippen molar-refractivity contribution in [3.8, 4) is 33.4 Å². The molecule has 3 unspecified atom stereocenters. The molecule has 0 radical (unpaired) electrons. The SMILES string of the molecule is CC1C=C(N(c2ccc(-c3ccc(-c4cccc5ccccc45)cc3)cc2)c2cccc(-c3cccc4oc5ccccc5c34)c2)C(C2C=CC=C3C=CC=C(c4ccccc4)C32C)=CC1. The fraction of sp³-hybridized carbons (Fsp3) is 0.0938. The monoisotopic (exact) mass is 847 g/mol. The number of para-hydroxylation sites is 1. The average Bonchev–Trinajstić information content (AvgIpc) is 3.76. The topological polar surface area (TPSA) is 16.4 Å². The van der Waals surface area contributed by atoms with Gasteiger partial charge in [-0.2, -0.15) is 0 Å². The molecule has 1 heterocycles. The molecule has 2 heteroatoms. The van der Waals surface area contributed by atoms with E-state index in [-0.39, 0.29) is 11.3 Å². The highest BCUT2D eigenvalue weighted by molar-refractivity contribution is 6.12. The van der Waals surface area contributed by atoms with Crippen LogP contribution in [-0.4, -0.2) is 0 Å². The molecule has 0 saturated heterocycles. The maximum absolute atomic E-state index is 6.39. The fourth-order valence-corrected chi connectivity index (χ4v) is 10.9. The molecule has 0 bridgehead atoms. The van der Waals surface area contributed by atoms with Crippen molar-refractivity contribution in [2.75, 3.05) is 4.90 Å². The van der Waals surface area contributed by atoms with Gasteiger partial charge in [0.25, 0.3) is 0 Å². The summed E-state index contributed by atoms with van der Waals surface area (Å²) in [5.74, 6) is 0.440. The summed E-state index contributed by atoms with van der Waals surface area (Å²) < 4.78 is 6.39. The minimum atomic E-state index is -0.288. The van der Waals surface area contributed by atoms with E-state index in [4.69, 9.17) is 4.42 Å². The minimum Gasteiger partial charge on any atom is -0.456 e. The molecule has 0 spiro atoms. The van der Waals surface area contributed by atoms with Gasteiger partial charge in [-0.05, 0) is 115 Å². The van der Waals surface area contributed by atoms with Gasteiger partial charge in [-0.3, -0.25) is 0 Å². The Morgan fingerprint density at radius 1 is 0.545 bits per heavy atom. The van der Waals surface area contributed by atoms with Crippen LogP contribution in [-0.2, 0) is 0 Å². The Morgan fingerprint density at radius 2 is 1.21 bits per heavy atom. The molecule has 3 aliphatic rings. The summed E-state index contributed by atoms with van der Waals surface area (Å²) >= 11 is 0. The van der Waals surface area contributed by atoms with E-state index < -0.39 is 0 Å². The van der Waals surface area contributed by atoms with Gasteiger partial charge in [0.15, 0.2) is 0 Å². The van der Waals surface area contributed by atoms with Gasteiger partial charge in [0.1, 0.15) is 11.2 Å². The number of anilines is 2. The molecule has 66 heavy (non-hydrogen) atoms. The quantitative estimate of drug-likeness (QED) is 0.151. The van der Waals surface area contributed by atoms with Gasteiger partial charge >= 0.3 is 0 Å². The highest BCUT2D eigenvalue weighted by Gasteiger charge is 2.45. The molecule has 0 amide bonds. The first-order valence-corrected chi connectivity index (χ1v) is 23.3. The van der Waals surface area contributed by atoms with Gasteiger partial charge in [0.2, 0.25) is 0 Å². The van der Waals surface area contributed by atoms with E-state index in [1.165, 1.54) is 61.0 Å². The zero-order chi connectivity index (χ0) is 44.2. The van der Waals surface area contributed by atoms with Crippen molar-refractivity contribution in [3.05, 3.63) is 259 Å². The van der Waals surface area contributed by atoms with E-state index in [0.717, 1.165) is 50.9 Å². The highest BCUT2D eigenvalue weighted by Crippen LogP contribution is 2.56. The first-order valence-electron chi connectivity index (χ1n) is 23.3. The molecule has 2 nitrogen and oxygen atoms in total. The number of rotatable bonds is 8. The van der Waals surface area contributed by atoms with Crippen molar-refractivity contribution in [3.63, 3.8) is 0 Å². The molecule has 9 aromatic rings. The van der Waals surface area contributed by atoms with Gasteiger partial charge in [0.05, 0.1) is 0 Å². The number of nitrogens with zero attached hydrogens (tertiary/aromatic N) is 1. The largest absolute Gasteiger partial charge is 0.456 e. The summed E-state index contributed by atoms with van der Waals surface area (Å²) in [6, 6.07) is 68.3. The van der Waals surface area contributed by atoms with Crippen molar-refractivity contribution in [1.82, 2.24) is 0 Å². The minimum absolute atomic E-state index is 0.0869. The van der Waals surface area contributed by atoms with Gasteiger partial charge in [-0.25, -0.2) is 0 Å². The van der Waals surface area contributed by atoms with E-state index in [0.29, 0.717) is 5.92 Å². The van der Waals surface area contributed by atoms with Crippen molar-refractivity contribution in [2.45, 2.75) is 20.3 Å². The second-order valence-corrected chi connectivity index (χ2v) is 18.2. The Hall–Kier alpha value is -7.94. The first-order chi connectivity index (χ1) is 32.5. The van der Waals surface area contributed by atoms with E-state index in [1.807, 2.05) is 6.07 Å². The van der Waals surface area contributed by atoms with Crippen LogP contribution in [0.25, 0.3) is 71.7 Å². The van der Waals surface area contributed by atoms with Crippen LogP contribution in [0.3, 0.4) is 0 Å². The molecule has 12 rings (SSSR count). The summed E-state index contributed by atoms with van der Waals surface area (Å²) in [4.78, 5) is 2.52. The van der Waals surface area contributed by atoms with Crippen LogP contribution >= 0.6 is 0 Å². The molecular weight excluding hydrogens is 799 g/mol. The number of benzene rings is 8. The molecule has 0 fully saturated rings. The molecule has 8 aromatic carbocycles. The number of allylic oxidation sites excluding steroid dienone is 11. The van der Waals surface area contributed by atoms with Crippen molar-refractivity contribution >= 4 is 49.7 Å². The zero-order valence-corrected chi connectivity index (χ0v) is 37.2. The lowest BCUT2D eigenvalue weighted by Gasteiger charge is -2.46. The van der Waals surface area contributed by atoms with Crippen LogP contribution in [0.1, 0.15) is 25.8 Å². The molecule has 3 aliphatic carbocycles. The number of furan rings is 1. The lowest BCUT2D eigenvalue weighted by molar-refractivity contribution is 0.432. The summed E-state index contributed by atoms with van der Waals surface area (Å²) in [6.45, 7) is 4.80. The van der Waals surface area contributed by atoms with Gasteiger partial charge in [-0.15, -0.1) is 0 Å². The Balaban J connectivity index is 0.981. The van der Waals surface area contributed by atoms with Gasteiger partial charge in [0, 0.05) is 39.2 Å². The maximum Gasteiger partial charge on any atom is 0.136 e. The smallest absolute Gasteiger partial charge is 0.136 e. The van der Waals surface area contributed by atoms with Crippen LogP contribution in [0.15, 0.2) is 258 Å². The zero-order valence-electron chi connectivity index (χ0n) is 37.2. The van der Waals surface area contributed by atoms with E-state index >= 15 is 0 Å². The van der Waals surface area contributed by atoms with E-state index in [9.17, 15) is 0 Å².